The summed E-state index contributed by atoms with van der Waals surface area (Å²) in [6.45, 7) is 10.1. The molecular formula is C41H54N6O4. The van der Waals surface area contributed by atoms with Crippen LogP contribution in [-0.4, -0.2) is 118 Å². The van der Waals surface area contributed by atoms with Crippen molar-refractivity contribution < 1.29 is 19.5 Å². The van der Waals surface area contributed by atoms with E-state index >= 15 is 0 Å². The van der Waals surface area contributed by atoms with Crippen molar-refractivity contribution in [2.45, 2.75) is 64.1 Å². The van der Waals surface area contributed by atoms with Crippen LogP contribution in [-0.2, 0) is 22.4 Å². The van der Waals surface area contributed by atoms with Gasteiger partial charge in [-0.05, 0) is 76.3 Å². The molecule has 1 aliphatic rings. The quantitative estimate of drug-likeness (QED) is 0.168. The van der Waals surface area contributed by atoms with Crippen LogP contribution >= 0.6 is 0 Å². The second kappa shape index (κ2) is 16.0. The van der Waals surface area contributed by atoms with E-state index in [-0.39, 0.29) is 30.9 Å². The van der Waals surface area contributed by atoms with Gasteiger partial charge in [0, 0.05) is 74.1 Å². The molecule has 10 nitrogen and oxygen atoms in total. The minimum atomic E-state index is -0.956. The molecule has 272 valence electrons. The highest BCUT2D eigenvalue weighted by atomic mass is 16.4. The Bertz CT molecular complexity index is 1700. The number of fused-ring (bicyclic) bond motifs is 1. The first-order chi connectivity index (χ1) is 24.2. The molecule has 2 heterocycles. The van der Waals surface area contributed by atoms with Crippen LogP contribution < -0.4 is 4.90 Å². The molecule has 2 N–H and O–H groups in total. The summed E-state index contributed by atoms with van der Waals surface area (Å²) in [4.78, 5) is 52.9. The number of carboxylic acid groups (broad SMARTS) is 1. The molecule has 51 heavy (non-hydrogen) atoms. The average molecular weight is 695 g/mol. The molecule has 3 aromatic carbocycles. The number of anilines is 1. The Morgan fingerprint density at radius 2 is 1.31 bits per heavy atom. The molecule has 0 bridgehead atoms. The van der Waals surface area contributed by atoms with E-state index in [1.807, 2.05) is 79.8 Å². The maximum absolute atomic E-state index is 14.0. The number of H-pyrrole nitrogens is 1. The standard InChI is InChI=1S/C41H54N6O4/c1-40(2,26-31-14-9-7-10-15-31)43(5)37(48)29-45(30-38(49)44(6)41(3,4)27-32-16-11-8-12-17-32)23-21-33-28-46(24-25-47(33)39(50)51)36-19-13-18-35-34(36)20-22-42-35/h7-20,22,33,42H,21,23-30H2,1-6H3,(H,50,51). The maximum Gasteiger partial charge on any atom is 0.407 e. The third kappa shape index (κ3) is 9.29. The fourth-order valence-electron chi connectivity index (χ4n) is 7.16. The van der Waals surface area contributed by atoms with E-state index in [9.17, 15) is 19.5 Å². The Hall–Kier alpha value is -4.83. The van der Waals surface area contributed by atoms with Gasteiger partial charge in [0.1, 0.15) is 0 Å². The number of likely N-dealkylation sites (N-methyl/N-ethyl adjacent to an activating group) is 2. The van der Waals surface area contributed by atoms with Gasteiger partial charge in [0.2, 0.25) is 11.8 Å². The number of piperazine rings is 1. The van der Waals surface area contributed by atoms with E-state index in [0.29, 0.717) is 45.4 Å². The molecule has 5 rings (SSSR count). The first-order valence-electron chi connectivity index (χ1n) is 17.9. The van der Waals surface area contributed by atoms with E-state index in [0.717, 1.165) is 27.7 Å². The van der Waals surface area contributed by atoms with Gasteiger partial charge in [-0.25, -0.2) is 4.79 Å². The fraction of sp³-hybridized carbons (Fsp3) is 0.439. The molecule has 4 aromatic rings. The molecule has 1 aliphatic heterocycles. The van der Waals surface area contributed by atoms with Crippen LogP contribution in [0.5, 0.6) is 0 Å². The minimum absolute atomic E-state index is 0.0412. The van der Waals surface area contributed by atoms with Gasteiger partial charge in [-0.15, -0.1) is 0 Å². The zero-order valence-corrected chi connectivity index (χ0v) is 31.0. The summed E-state index contributed by atoms with van der Waals surface area (Å²) in [6, 6.07) is 28.1. The molecule has 1 unspecified atom stereocenters. The lowest BCUT2D eigenvalue weighted by Crippen LogP contribution is -2.57. The average Bonchev–Trinajstić information content (AvgIpc) is 3.59. The molecule has 0 spiro atoms. The Kier molecular flexibility index (Phi) is 11.8. The molecule has 0 aliphatic carbocycles. The van der Waals surface area contributed by atoms with Gasteiger partial charge in [0.05, 0.1) is 19.1 Å². The maximum atomic E-state index is 14.0. The van der Waals surface area contributed by atoms with Gasteiger partial charge in [0.25, 0.3) is 0 Å². The first-order valence-corrected chi connectivity index (χ1v) is 17.9. The summed E-state index contributed by atoms with van der Waals surface area (Å²) in [6.07, 6.45) is 2.81. The van der Waals surface area contributed by atoms with Crippen molar-refractivity contribution in [1.29, 1.82) is 0 Å². The summed E-state index contributed by atoms with van der Waals surface area (Å²) in [5.74, 6) is -0.177. The molecule has 1 aromatic heterocycles. The number of nitrogens with zero attached hydrogens (tertiary/aromatic N) is 5. The van der Waals surface area contributed by atoms with Crippen molar-refractivity contribution >= 4 is 34.5 Å². The van der Waals surface area contributed by atoms with Gasteiger partial charge < -0.3 is 29.7 Å². The highest BCUT2D eigenvalue weighted by molar-refractivity contribution is 5.92. The van der Waals surface area contributed by atoms with Crippen molar-refractivity contribution in [3.8, 4) is 0 Å². The van der Waals surface area contributed by atoms with Crippen LogP contribution in [0.1, 0.15) is 45.2 Å². The molecule has 0 radical (unpaired) electrons. The molecular weight excluding hydrogens is 640 g/mol. The number of hydrogen-bond acceptors (Lipinski definition) is 5. The van der Waals surface area contributed by atoms with Crippen molar-refractivity contribution in [2.24, 2.45) is 0 Å². The number of rotatable bonds is 14. The number of benzene rings is 3. The van der Waals surface area contributed by atoms with Crippen molar-refractivity contribution in [2.75, 3.05) is 58.3 Å². The van der Waals surface area contributed by atoms with Crippen LogP contribution in [0.15, 0.2) is 91.1 Å². The number of aromatic amines is 1. The van der Waals surface area contributed by atoms with E-state index < -0.39 is 17.2 Å². The third-order valence-electron chi connectivity index (χ3n) is 10.7. The number of carbonyl (C=O) groups is 3. The molecule has 3 amide bonds. The topological polar surface area (TPSA) is 103 Å². The molecule has 0 saturated carbocycles. The SMILES string of the molecule is CN(C(=O)CN(CCC1CN(c2cccc3[nH]ccc23)CCN1C(=O)O)CC(=O)N(C)C(C)(C)Cc1ccccc1)C(C)(C)Cc1ccccc1. The van der Waals surface area contributed by atoms with Crippen LogP contribution in [0, 0.1) is 0 Å². The van der Waals surface area contributed by atoms with Crippen molar-refractivity contribution in [3.63, 3.8) is 0 Å². The van der Waals surface area contributed by atoms with Crippen molar-refractivity contribution in [1.82, 2.24) is 24.6 Å². The lowest BCUT2D eigenvalue weighted by Gasteiger charge is -2.42. The number of amides is 3. The Morgan fingerprint density at radius 1 is 0.765 bits per heavy atom. The smallest absolute Gasteiger partial charge is 0.407 e. The predicted octanol–water partition coefficient (Wildman–Crippen LogP) is 5.99. The molecule has 1 atom stereocenters. The molecule has 1 saturated heterocycles. The van der Waals surface area contributed by atoms with E-state index in [4.69, 9.17) is 0 Å². The van der Waals surface area contributed by atoms with Gasteiger partial charge in [-0.1, -0.05) is 66.7 Å². The summed E-state index contributed by atoms with van der Waals surface area (Å²) in [5, 5.41) is 11.3. The summed E-state index contributed by atoms with van der Waals surface area (Å²) < 4.78 is 0. The lowest BCUT2D eigenvalue weighted by atomic mass is 9.93. The predicted molar refractivity (Wildman–Crippen MR) is 204 cm³/mol. The van der Waals surface area contributed by atoms with E-state index in [2.05, 4.69) is 67.9 Å². The second-order valence-electron chi connectivity index (χ2n) is 15.1. The number of aromatic nitrogens is 1. The summed E-state index contributed by atoms with van der Waals surface area (Å²) >= 11 is 0. The summed E-state index contributed by atoms with van der Waals surface area (Å²) in [7, 11) is 3.65. The molecule has 10 heteroatoms. The zero-order chi connectivity index (χ0) is 36.8. The Balaban J connectivity index is 1.34. The first kappa shape index (κ1) is 37.4. The Morgan fingerprint density at radius 3 is 1.84 bits per heavy atom. The molecule has 1 fully saturated rings. The van der Waals surface area contributed by atoms with Gasteiger partial charge in [-0.3, -0.25) is 14.5 Å². The monoisotopic (exact) mass is 694 g/mol. The van der Waals surface area contributed by atoms with Gasteiger partial charge in [0.15, 0.2) is 0 Å². The van der Waals surface area contributed by atoms with Gasteiger partial charge >= 0.3 is 6.09 Å². The Labute approximate surface area is 302 Å². The van der Waals surface area contributed by atoms with Crippen LogP contribution in [0.3, 0.4) is 0 Å². The zero-order valence-electron chi connectivity index (χ0n) is 31.0. The van der Waals surface area contributed by atoms with Crippen molar-refractivity contribution in [3.05, 3.63) is 102 Å². The van der Waals surface area contributed by atoms with E-state index in [1.165, 1.54) is 4.90 Å². The van der Waals surface area contributed by atoms with E-state index in [1.54, 1.807) is 9.80 Å². The lowest BCUT2D eigenvalue weighted by molar-refractivity contribution is -0.139. The highest BCUT2D eigenvalue weighted by Gasteiger charge is 2.35. The normalized spacial score (nSPS) is 15.3. The fourth-order valence-corrected chi connectivity index (χ4v) is 7.16. The number of nitrogens with one attached hydrogen (secondary N) is 1. The van der Waals surface area contributed by atoms with Crippen LogP contribution in [0.4, 0.5) is 10.5 Å². The number of hydrogen-bond donors (Lipinski definition) is 2. The summed E-state index contributed by atoms with van der Waals surface area (Å²) in [5.41, 5.74) is 3.45. The largest absolute Gasteiger partial charge is 0.465 e. The van der Waals surface area contributed by atoms with Crippen LogP contribution in [0.2, 0.25) is 0 Å². The highest BCUT2D eigenvalue weighted by Crippen LogP contribution is 2.29. The van der Waals surface area contributed by atoms with Gasteiger partial charge in [-0.2, -0.15) is 0 Å². The number of carbonyl (C=O) groups excluding carboxylic acids is 2. The third-order valence-corrected chi connectivity index (χ3v) is 10.7. The minimum Gasteiger partial charge on any atom is -0.465 e. The van der Waals surface area contributed by atoms with Crippen LogP contribution in [0.25, 0.3) is 10.9 Å². The second-order valence-corrected chi connectivity index (χ2v) is 15.1.